The van der Waals surface area contributed by atoms with E-state index in [1.807, 2.05) is 28.8 Å². The van der Waals surface area contributed by atoms with E-state index in [2.05, 4.69) is 25.2 Å². The smallest absolute Gasteiger partial charge is 0.338 e. The van der Waals surface area contributed by atoms with Crippen molar-refractivity contribution in [3.05, 3.63) is 65.9 Å². The van der Waals surface area contributed by atoms with Crippen LogP contribution in [0.4, 0.5) is 13.2 Å². The molecule has 7 nitrogen and oxygen atoms in total. The van der Waals surface area contributed by atoms with Crippen molar-refractivity contribution >= 4 is 5.65 Å². The molecule has 0 bridgehead atoms. The average molecular weight is 428 g/mol. The highest BCUT2D eigenvalue weighted by molar-refractivity contribution is 5.55. The number of hydrogen-bond acceptors (Lipinski definition) is 6. The van der Waals surface area contributed by atoms with Gasteiger partial charge in [0.05, 0.1) is 12.1 Å². The molecule has 4 heterocycles. The number of alkyl halides is 3. The molecule has 1 aromatic carbocycles. The maximum atomic E-state index is 12.9. The maximum absolute atomic E-state index is 12.9. The van der Waals surface area contributed by atoms with Crippen LogP contribution in [0.15, 0.2) is 53.2 Å². The van der Waals surface area contributed by atoms with Gasteiger partial charge in [0.2, 0.25) is 11.7 Å². The number of benzene rings is 1. The summed E-state index contributed by atoms with van der Waals surface area (Å²) in [6.45, 7) is 2.11. The summed E-state index contributed by atoms with van der Waals surface area (Å²) >= 11 is 0. The van der Waals surface area contributed by atoms with E-state index in [1.54, 1.807) is 0 Å². The second kappa shape index (κ2) is 7.77. The molecule has 0 atom stereocenters. The van der Waals surface area contributed by atoms with Gasteiger partial charge in [-0.2, -0.15) is 18.2 Å². The van der Waals surface area contributed by atoms with E-state index in [0.717, 1.165) is 49.5 Å². The molecule has 0 spiro atoms. The SMILES string of the molecule is FC(F)(F)c1cccc(-c2noc(CN3CCC(c4nnc5ccccn45)CC3)n2)c1. The molecule has 1 saturated heterocycles. The number of aromatic nitrogens is 5. The topological polar surface area (TPSA) is 72.4 Å². The molecule has 3 aromatic heterocycles. The molecule has 0 aliphatic carbocycles. The molecule has 0 amide bonds. The van der Waals surface area contributed by atoms with Gasteiger partial charge in [-0.1, -0.05) is 23.4 Å². The van der Waals surface area contributed by atoms with Crippen LogP contribution >= 0.6 is 0 Å². The van der Waals surface area contributed by atoms with Crippen LogP contribution in [-0.4, -0.2) is 42.7 Å². The molecule has 1 aliphatic rings. The fourth-order valence-corrected chi connectivity index (χ4v) is 3.95. The van der Waals surface area contributed by atoms with Crippen molar-refractivity contribution < 1.29 is 17.7 Å². The summed E-state index contributed by atoms with van der Waals surface area (Å²) in [6, 6.07) is 10.8. The molecule has 1 fully saturated rings. The van der Waals surface area contributed by atoms with Crippen molar-refractivity contribution in [3.63, 3.8) is 0 Å². The first-order valence-electron chi connectivity index (χ1n) is 9.99. The minimum absolute atomic E-state index is 0.158. The van der Waals surface area contributed by atoms with E-state index in [1.165, 1.54) is 12.1 Å². The van der Waals surface area contributed by atoms with Crippen molar-refractivity contribution in [2.45, 2.75) is 31.5 Å². The summed E-state index contributed by atoms with van der Waals surface area (Å²) in [5, 5.41) is 12.5. The standard InChI is InChI=1S/C21H19F3N6O/c22-21(23,24)16-5-3-4-15(12-16)19-25-18(31-28-19)13-29-10-7-14(8-11-29)20-27-26-17-6-1-2-9-30(17)20/h1-6,9,12,14H,7-8,10-11,13H2. The van der Waals surface area contributed by atoms with Crippen LogP contribution in [0.25, 0.3) is 17.0 Å². The second-order valence-electron chi connectivity index (χ2n) is 7.63. The van der Waals surface area contributed by atoms with Crippen LogP contribution in [0, 0.1) is 0 Å². The predicted octanol–water partition coefficient (Wildman–Crippen LogP) is 4.18. The third-order valence-electron chi connectivity index (χ3n) is 5.57. The second-order valence-corrected chi connectivity index (χ2v) is 7.63. The Balaban J connectivity index is 1.23. The van der Waals surface area contributed by atoms with Crippen molar-refractivity contribution in [2.75, 3.05) is 13.1 Å². The number of piperidine rings is 1. The number of halogens is 3. The summed E-state index contributed by atoms with van der Waals surface area (Å²) in [4.78, 5) is 6.49. The van der Waals surface area contributed by atoms with Gasteiger partial charge in [-0.15, -0.1) is 10.2 Å². The Morgan fingerprint density at radius 1 is 1.03 bits per heavy atom. The van der Waals surface area contributed by atoms with Crippen molar-refractivity contribution in [3.8, 4) is 11.4 Å². The largest absolute Gasteiger partial charge is 0.416 e. The van der Waals surface area contributed by atoms with Gasteiger partial charge in [0.15, 0.2) is 5.65 Å². The lowest BCUT2D eigenvalue weighted by atomic mass is 9.96. The maximum Gasteiger partial charge on any atom is 0.416 e. The van der Waals surface area contributed by atoms with Crippen LogP contribution in [-0.2, 0) is 12.7 Å². The number of hydrogen-bond donors (Lipinski definition) is 0. The van der Waals surface area contributed by atoms with Crippen LogP contribution in [0.5, 0.6) is 0 Å². The van der Waals surface area contributed by atoms with Gasteiger partial charge in [-0.05, 0) is 50.2 Å². The van der Waals surface area contributed by atoms with E-state index >= 15 is 0 Å². The molecule has 160 valence electrons. The normalized spacial score (nSPS) is 16.2. The van der Waals surface area contributed by atoms with Gasteiger partial charge in [0.1, 0.15) is 5.82 Å². The first-order chi connectivity index (χ1) is 15.0. The van der Waals surface area contributed by atoms with E-state index in [9.17, 15) is 13.2 Å². The van der Waals surface area contributed by atoms with Crippen LogP contribution < -0.4 is 0 Å². The predicted molar refractivity (Wildman–Crippen MR) is 105 cm³/mol. The van der Waals surface area contributed by atoms with E-state index in [-0.39, 0.29) is 11.4 Å². The average Bonchev–Trinajstić information content (AvgIpc) is 3.41. The number of nitrogens with zero attached hydrogens (tertiary/aromatic N) is 6. The minimum Gasteiger partial charge on any atom is -0.338 e. The Bertz CT molecular complexity index is 1190. The summed E-state index contributed by atoms with van der Waals surface area (Å²) < 4.78 is 46.1. The first kappa shape index (κ1) is 19.7. The zero-order valence-corrected chi connectivity index (χ0v) is 16.5. The van der Waals surface area contributed by atoms with Gasteiger partial charge in [-0.3, -0.25) is 9.30 Å². The van der Waals surface area contributed by atoms with Gasteiger partial charge < -0.3 is 4.52 Å². The monoisotopic (exact) mass is 428 g/mol. The van der Waals surface area contributed by atoms with Crippen molar-refractivity contribution in [1.29, 1.82) is 0 Å². The fraction of sp³-hybridized carbons (Fsp3) is 0.333. The zero-order valence-electron chi connectivity index (χ0n) is 16.5. The summed E-state index contributed by atoms with van der Waals surface area (Å²) in [5.74, 6) is 1.83. The van der Waals surface area contributed by atoms with E-state index in [0.29, 0.717) is 18.4 Å². The highest BCUT2D eigenvalue weighted by Crippen LogP contribution is 2.32. The van der Waals surface area contributed by atoms with E-state index < -0.39 is 11.7 Å². The number of pyridine rings is 1. The molecule has 0 saturated carbocycles. The number of likely N-dealkylation sites (tertiary alicyclic amines) is 1. The molecule has 0 radical (unpaired) electrons. The lowest BCUT2D eigenvalue weighted by molar-refractivity contribution is -0.137. The summed E-state index contributed by atoms with van der Waals surface area (Å²) in [7, 11) is 0. The Hall–Kier alpha value is -3.27. The molecule has 5 rings (SSSR count). The Morgan fingerprint density at radius 2 is 1.87 bits per heavy atom. The molecule has 31 heavy (non-hydrogen) atoms. The fourth-order valence-electron chi connectivity index (χ4n) is 3.95. The minimum atomic E-state index is -4.41. The molecule has 4 aromatic rings. The zero-order chi connectivity index (χ0) is 21.4. The first-order valence-corrected chi connectivity index (χ1v) is 9.99. The number of fused-ring (bicyclic) bond motifs is 1. The molecule has 1 aliphatic heterocycles. The molecule has 0 unspecified atom stereocenters. The lowest BCUT2D eigenvalue weighted by Gasteiger charge is -2.29. The number of rotatable bonds is 4. The highest BCUT2D eigenvalue weighted by atomic mass is 19.4. The van der Waals surface area contributed by atoms with Crippen LogP contribution in [0.3, 0.4) is 0 Å². The lowest BCUT2D eigenvalue weighted by Crippen LogP contribution is -2.33. The molecule has 10 heteroatoms. The van der Waals surface area contributed by atoms with Gasteiger partial charge in [0, 0.05) is 17.7 Å². The summed E-state index contributed by atoms with van der Waals surface area (Å²) in [5.41, 5.74) is 0.384. The summed E-state index contributed by atoms with van der Waals surface area (Å²) in [6.07, 6.45) is -0.595. The van der Waals surface area contributed by atoms with Crippen molar-refractivity contribution in [2.24, 2.45) is 0 Å². The van der Waals surface area contributed by atoms with Gasteiger partial charge >= 0.3 is 6.18 Å². The van der Waals surface area contributed by atoms with E-state index in [4.69, 9.17) is 4.52 Å². The van der Waals surface area contributed by atoms with Gasteiger partial charge in [-0.25, -0.2) is 0 Å². The Labute approximate surface area is 175 Å². The van der Waals surface area contributed by atoms with Crippen LogP contribution in [0.1, 0.15) is 36.0 Å². The van der Waals surface area contributed by atoms with Crippen molar-refractivity contribution in [1.82, 2.24) is 29.6 Å². The molecular formula is C21H19F3N6O. The third kappa shape index (κ3) is 4.02. The third-order valence-corrected chi connectivity index (χ3v) is 5.57. The van der Waals surface area contributed by atoms with Crippen LogP contribution in [0.2, 0.25) is 0 Å². The quantitative estimate of drug-likeness (QED) is 0.486. The Morgan fingerprint density at radius 3 is 2.68 bits per heavy atom. The highest BCUT2D eigenvalue weighted by Gasteiger charge is 2.31. The Kier molecular flexibility index (Phi) is 4.93. The molecule has 0 N–H and O–H groups in total. The molecular weight excluding hydrogens is 409 g/mol. The van der Waals surface area contributed by atoms with Gasteiger partial charge in [0.25, 0.3) is 0 Å².